The Morgan fingerprint density at radius 3 is 2.88 bits per heavy atom. The van der Waals surface area contributed by atoms with Crippen LogP contribution in [0.1, 0.15) is 48.2 Å². The minimum Gasteiger partial charge on any atom is -0.493 e. The third-order valence-electron chi connectivity index (χ3n) is 3.19. The van der Waals surface area contributed by atoms with Crippen molar-refractivity contribution in [3.63, 3.8) is 0 Å². The molecular formula is C21H28O4. The van der Waals surface area contributed by atoms with Crippen molar-refractivity contribution in [1.29, 1.82) is 0 Å². The fourth-order valence-electron chi connectivity index (χ4n) is 1.98. The normalized spacial score (nSPS) is 21.6. The molecule has 0 aliphatic carbocycles. The van der Waals surface area contributed by atoms with Crippen molar-refractivity contribution in [2.75, 3.05) is 20.7 Å². The van der Waals surface area contributed by atoms with Gasteiger partial charge in [0.05, 0.1) is 38.0 Å². The van der Waals surface area contributed by atoms with Crippen molar-refractivity contribution in [1.82, 2.24) is 0 Å². The fraction of sp³-hybridized carbons (Fsp3) is 0.429. The second kappa shape index (κ2) is 9.94. The molecule has 0 saturated carbocycles. The number of aliphatic hydroxyl groups is 1. The van der Waals surface area contributed by atoms with Crippen molar-refractivity contribution in [2.45, 2.75) is 38.7 Å². The third-order valence-corrected chi connectivity index (χ3v) is 3.19. The van der Waals surface area contributed by atoms with Crippen LogP contribution in [0.4, 0.5) is 0 Å². The van der Waals surface area contributed by atoms with Gasteiger partial charge in [-0.25, -0.2) is 0 Å². The van der Waals surface area contributed by atoms with E-state index >= 15 is 0 Å². The number of hydrogen-bond donors (Lipinski definition) is 1. The van der Waals surface area contributed by atoms with Crippen LogP contribution in [0.3, 0.4) is 0 Å². The average molecular weight is 358 g/mol. The summed E-state index contributed by atoms with van der Waals surface area (Å²) in [4.78, 5) is 0. The van der Waals surface area contributed by atoms with Crippen LogP contribution in [-0.2, 0) is 6.42 Å². The first kappa shape index (κ1) is 8.00. The van der Waals surface area contributed by atoms with Crippen LogP contribution in [0, 0.1) is 6.92 Å². The zero-order chi connectivity index (χ0) is 29.4. The maximum absolute atomic E-state index is 10.5. The highest BCUT2D eigenvalue weighted by Gasteiger charge is 2.07. The van der Waals surface area contributed by atoms with Gasteiger partial charge in [0.15, 0.2) is 11.5 Å². The Hall–Kier alpha value is -2.20. The third kappa shape index (κ3) is 6.31. The first-order valence-electron chi connectivity index (χ1n) is 14.1. The predicted molar refractivity (Wildman–Crippen MR) is 99.8 cm³/mol. The molecule has 1 unspecified atom stereocenters. The van der Waals surface area contributed by atoms with Gasteiger partial charge in [-0.05, 0) is 61.5 Å². The summed E-state index contributed by atoms with van der Waals surface area (Å²) < 4.78 is 117. The molecular weight excluding hydrogens is 316 g/mol. The Labute approximate surface area is 168 Å². The van der Waals surface area contributed by atoms with Crippen molar-refractivity contribution in [3.8, 4) is 17.2 Å². The van der Waals surface area contributed by atoms with Gasteiger partial charge in [0.25, 0.3) is 0 Å². The molecule has 0 bridgehead atoms. The van der Waals surface area contributed by atoms with Gasteiger partial charge in [0.2, 0.25) is 0 Å². The van der Waals surface area contributed by atoms with E-state index in [1.807, 2.05) is 0 Å². The molecule has 0 radical (unpaired) electrons. The van der Waals surface area contributed by atoms with Crippen LogP contribution >= 0.6 is 0 Å². The second-order valence-electron chi connectivity index (χ2n) is 5.13. The summed E-state index contributed by atoms with van der Waals surface area (Å²) in [6, 6.07) is -3.57. The van der Waals surface area contributed by atoms with Crippen molar-refractivity contribution in [3.05, 3.63) is 53.4 Å². The lowest BCUT2D eigenvalue weighted by atomic mass is 10.0. The molecule has 0 aromatic heterocycles. The molecule has 0 spiro atoms. The number of rotatable bonds is 10. The van der Waals surface area contributed by atoms with E-state index in [0.29, 0.717) is 0 Å². The van der Waals surface area contributed by atoms with Gasteiger partial charge in [-0.15, -0.1) is 0 Å². The zero-order valence-corrected chi connectivity index (χ0v) is 14.0. The lowest BCUT2D eigenvalue weighted by molar-refractivity contribution is 0.0976. The molecule has 4 heteroatoms. The number of benzene rings is 2. The smallest absolute Gasteiger partial charge is 0.160 e. The lowest BCUT2D eigenvalue weighted by Gasteiger charge is -2.13. The van der Waals surface area contributed by atoms with Gasteiger partial charge in [0, 0.05) is 0 Å². The fourth-order valence-corrected chi connectivity index (χ4v) is 1.98. The highest BCUT2D eigenvalue weighted by Crippen LogP contribution is 2.28. The first-order valence-corrected chi connectivity index (χ1v) is 7.61. The topological polar surface area (TPSA) is 47.9 Å². The van der Waals surface area contributed by atoms with Gasteiger partial charge in [-0.3, -0.25) is 0 Å². The van der Waals surface area contributed by atoms with E-state index in [-0.39, 0.29) is 36.1 Å². The molecule has 25 heavy (non-hydrogen) atoms. The molecule has 0 heterocycles. The molecule has 2 aromatic carbocycles. The first-order chi connectivity index (χ1) is 17.3. The lowest BCUT2D eigenvalue weighted by Crippen LogP contribution is -2.17. The minimum atomic E-state index is -3.13. The molecule has 0 aliphatic rings. The molecule has 1 atom stereocenters. The summed E-state index contributed by atoms with van der Waals surface area (Å²) in [5, 5.41) is 10.5. The van der Waals surface area contributed by atoms with Crippen molar-refractivity contribution in [2.24, 2.45) is 0 Å². The summed E-state index contributed by atoms with van der Waals surface area (Å²) in [5.74, 6) is -1.58. The molecule has 0 fully saturated rings. The summed E-state index contributed by atoms with van der Waals surface area (Å²) in [7, 11) is -1.80. The molecule has 0 amide bonds. The van der Waals surface area contributed by atoms with Gasteiger partial charge in [0.1, 0.15) is 12.3 Å². The van der Waals surface area contributed by atoms with Crippen molar-refractivity contribution < 1.29 is 37.1 Å². The summed E-state index contributed by atoms with van der Waals surface area (Å²) in [5.41, 5.74) is -0.0627. The molecule has 0 saturated heterocycles. The Morgan fingerprint density at radius 2 is 2.08 bits per heavy atom. The molecule has 136 valence electrons. The van der Waals surface area contributed by atoms with Gasteiger partial charge in [-0.1, -0.05) is 24.5 Å². The monoisotopic (exact) mass is 357 g/mol. The molecule has 2 aromatic rings. The quantitative estimate of drug-likeness (QED) is 0.649. The standard InChI is InChI=1S/C21H28O4/c1-16-7-6-10-19(13-16)25-15-18(22)9-5-4-8-17-11-12-20(23-2)21(14-17)24-3/h6-7,10-14,18,22H,4-5,8-9,15H2,1-3H3/i3D3,6D,7D,10D,11D,12D,13D,14D,15D2,18D. The summed E-state index contributed by atoms with van der Waals surface area (Å²) >= 11 is 0. The van der Waals surface area contributed by atoms with E-state index in [4.69, 9.17) is 32.0 Å². The van der Waals surface area contributed by atoms with E-state index < -0.39 is 79.9 Å². The van der Waals surface area contributed by atoms with Gasteiger partial charge in [-0.2, -0.15) is 0 Å². The SMILES string of the molecule is [2H]c1c([2H])c(C)c([2H])c(OC([2H])([2H])C([2H])(O)CCCCc2c([2H])c([2H])c(OC)c(OC([2H])([2H])[2H])c2[2H])c1[2H]. The molecule has 2 rings (SSSR count). The van der Waals surface area contributed by atoms with E-state index in [9.17, 15) is 5.11 Å². The Balaban J connectivity index is 2.21. The van der Waals surface area contributed by atoms with Crippen LogP contribution in [0.15, 0.2) is 42.3 Å². The maximum atomic E-state index is 10.5. The van der Waals surface area contributed by atoms with Crippen LogP contribution in [0.25, 0.3) is 0 Å². The largest absolute Gasteiger partial charge is 0.493 e. The second-order valence-corrected chi connectivity index (χ2v) is 5.13. The van der Waals surface area contributed by atoms with Crippen LogP contribution < -0.4 is 14.2 Å². The van der Waals surface area contributed by atoms with Crippen LogP contribution in [0.2, 0.25) is 0 Å². The van der Waals surface area contributed by atoms with E-state index in [1.165, 1.54) is 6.92 Å². The highest BCUT2D eigenvalue weighted by atomic mass is 16.5. The van der Waals surface area contributed by atoms with E-state index in [1.54, 1.807) is 0 Å². The molecule has 0 aliphatic heterocycles. The summed E-state index contributed by atoms with van der Waals surface area (Å²) in [6.45, 7) is -1.80. The number of unbranched alkanes of at least 4 members (excludes halogenated alkanes) is 1. The van der Waals surface area contributed by atoms with Crippen LogP contribution in [0.5, 0.6) is 17.2 Å². The maximum Gasteiger partial charge on any atom is 0.160 e. The van der Waals surface area contributed by atoms with E-state index in [2.05, 4.69) is 0 Å². The number of hydrogen-bond acceptors (Lipinski definition) is 4. The van der Waals surface area contributed by atoms with Gasteiger partial charge >= 0.3 is 0 Å². The van der Waals surface area contributed by atoms with E-state index in [0.717, 1.165) is 7.11 Å². The molecule has 1 N–H and O–H groups in total. The average Bonchev–Trinajstić information content (AvgIpc) is 2.81. The highest BCUT2D eigenvalue weighted by molar-refractivity contribution is 5.42. The van der Waals surface area contributed by atoms with Gasteiger partial charge < -0.3 is 19.3 Å². The summed E-state index contributed by atoms with van der Waals surface area (Å²) in [6.07, 6.45) is -3.42. The number of methoxy groups -OCH3 is 2. The predicted octanol–water partition coefficient (Wildman–Crippen LogP) is 4.16. The Kier molecular flexibility index (Phi) is 3.18. The number of ether oxygens (including phenoxy) is 3. The van der Waals surface area contributed by atoms with Crippen molar-refractivity contribution >= 4 is 0 Å². The minimum absolute atomic E-state index is 0.0298. The van der Waals surface area contributed by atoms with Crippen LogP contribution in [-0.4, -0.2) is 31.9 Å². The zero-order valence-electron chi connectivity index (χ0n) is 27.0. The molecule has 4 nitrogen and oxygen atoms in total. The Bertz CT molecular complexity index is 1170. The Morgan fingerprint density at radius 1 is 1.20 bits per heavy atom.